The molecule has 2 saturated heterocycles. The number of nitrogens with zero attached hydrogens (tertiary/aromatic N) is 2. The van der Waals surface area contributed by atoms with Crippen LogP contribution in [-0.4, -0.2) is 68.8 Å². The van der Waals surface area contributed by atoms with Crippen molar-refractivity contribution >= 4 is 0 Å². The van der Waals surface area contributed by atoms with Gasteiger partial charge in [0.2, 0.25) is 0 Å². The SMILES string of the molecule is C=C/C=C(N)\C=C1/CCCC(CCCN(C)CCCN2CCOCC2)N1. The van der Waals surface area contributed by atoms with Crippen molar-refractivity contribution in [1.29, 1.82) is 0 Å². The molecule has 0 aromatic rings. The van der Waals surface area contributed by atoms with Crippen LogP contribution in [0.5, 0.6) is 0 Å². The van der Waals surface area contributed by atoms with E-state index in [1.54, 1.807) is 6.08 Å². The third-order valence-corrected chi connectivity index (χ3v) is 5.25. The minimum Gasteiger partial charge on any atom is -0.399 e. The number of allylic oxidation sites excluding steroid dienone is 4. The van der Waals surface area contributed by atoms with Gasteiger partial charge in [0.25, 0.3) is 0 Å². The third-order valence-electron chi connectivity index (χ3n) is 5.25. The minimum atomic E-state index is 0.591. The lowest BCUT2D eigenvalue weighted by Gasteiger charge is -2.28. The Bertz CT molecular complexity index is 469. The lowest BCUT2D eigenvalue weighted by Crippen LogP contribution is -2.38. The van der Waals surface area contributed by atoms with Crippen molar-refractivity contribution in [2.45, 2.75) is 44.6 Å². The predicted molar refractivity (Wildman–Crippen MR) is 110 cm³/mol. The van der Waals surface area contributed by atoms with Crippen molar-refractivity contribution in [3.05, 3.63) is 36.2 Å². The molecule has 5 nitrogen and oxygen atoms in total. The second kappa shape index (κ2) is 12.2. The quantitative estimate of drug-likeness (QED) is 0.585. The molecule has 0 spiro atoms. The Morgan fingerprint density at radius 1 is 1.35 bits per heavy atom. The summed E-state index contributed by atoms with van der Waals surface area (Å²) in [7, 11) is 2.25. The van der Waals surface area contributed by atoms with Crippen molar-refractivity contribution in [2.75, 3.05) is 53.0 Å². The van der Waals surface area contributed by atoms with E-state index in [4.69, 9.17) is 10.5 Å². The van der Waals surface area contributed by atoms with E-state index in [2.05, 4.69) is 34.8 Å². The van der Waals surface area contributed by atoms with Gasteiger partial charge >= 0.3 is 0 Å². The van der Waals surface area contributed by atoms with Crippen molar-refractivity contribution in [3.8, 4) is 0 Å². The molecule has 1 unspecified atom stereocenters. The molecule has 0 radical (unpaired) electrons. The van der Waals surface area contributed by atoms with Gasteiger partial charge in [-0.2, -0.15) is 0 Å². The molecule has 2 aliphatic rings. The number of nitrogens with one attached hydrogen (secondary N) is 1. The zero-order chi connectivity index (χ0) is 18.6. The predicted octanol–water partition coefficient (Wildman–Crippen LogP) is 2.48. The summed E-state index contributed by atoms with van der Waals surface area (Å²) in [6.07, 6.45) is 13.0. The highest BCUT2D eigenvalue weighted by Crippen LogP contribution is 2.19. The van der Waals surface area contributed by atoms with Crippen LogP contribution < -0.4 is 11.1 Å². The van der Waals surface area contributed by atoms with Gasteiger partial charge in [-0.15, -0.1) is 0 Å². The fraction of sp³-hybridized carbons (Fsp3) is 0.714. The van der Waals surface area contributed by atoms with Crippen LogP contribution in [0.2, 0.25) is 0 Å². The average Bonchev–Trinajstić information content (AvgIpc) is 2.63. The summed E-state index contributed by atoms with van der Waals surface area (Å²) in [4.78, 5) is 4.99. The maximum absolute atomic E-state index is 5.96. The molecule has 0 amide bonds. The molecule has 5 heteroatoms. The van der Waals surface area contributed by atoms with E-state index in [0.29, 0.717) is 6.04 Å². The molecule has 0 aliphatic carbocycles. The first-order valence-corrected chi connectivity index (χ1v) is 10.2. The van der Waals surface area contributed by atoms with Gasteiger partial charge in [0.15, 0.2) is 0 Å². The molecule has 2 aliphatic heterocycles. The minimum absolute atomic E-state index is 0.591. The molecule has 1 atom stereocenters. The summed E-state index contributed by atoms with van der Waals surface area (Å²) < 4.78 is 5.40. The van der Waals surface area contributed by atoms with Gasteiger partial charge in [-0.25, -0.2) is 0 Å². The molecule has 26 heavy (non-hydrogen) atoms. The van der Waals surface area contributed by atoms with Gasteiger partial charge in [0, 0.05) is 30.5 Å². The van der Waals surface area contributed by atoms with Gasteiger partial charge in [-0.1, -0.05) is 12.7 Å². The molecule has 0 aromatic carbocycles. The van der Waals surface area contributed by atoms with E-state index in [0.717, 1.165) is 38.4 Å². The van der Waals surface area contributed by atoms with Crippen molar-refractivity contribution in [3.63, 3.8) is 0 Å². The van der Waals surface area contributed by atoms with Gasteiger partial charge in [-0.3, -0.25) is 4.90 Å². The zero-order valence-corrected chi connectivity index (χ0v) is 16.6. The largest absolute Gasteiger partial charge is 0.399 e. The Balaban J connectivity index is 1.57. The maximum Gasteiger partial charge on any atom is 0.0594 e. The van der Waals surface area contributed by atoms with Crippen LogP contribution in [0.1, 0.15) is 38.5 Å². The lowest BCUT2D eigenvalue weighted by molar-refractivity contribution is 0.0364. The molecule has 0 aromatic heterocycles. The Morgan fingerprint density at radius 3 is 2.88 bits per heavy atom. The Morgan fingerprint density at radius 2 is 2.12 bits per heavy atom. The standard InChI is InChI=1S/C21H38N4O/c1-3-7-19(22)18-21-9-4-8-20(23-21)10-5-11-24(2)12-6-13-25-14-16-26-17-15-25/h3,7,18,20,23H,1,4-6,8-17,22H2,2H3/b19-7+,21-18+. The van der Waals surface area contributed by atoms with Crippen LogP contribution in [0, 0.1) is 0 Å². The van der Waals surface area contributed by atoms with Crippen molar-refractivity contribution < 1.29 is 4.74 Å². The van der Waals surface area contributed by atoms with Crippen molar-refractivity contribution in [1.82, 2.24) is 15.1 Å². The molecule has 2 heterocycles. The third kappa shape index (κ3) is 8.39. The van der Waals surface area contributed by atoms with E-state index in [9.17, 15) is 0 Å². The van der Waals surface area contributed by atoms with Crippen molar-refractivity contribution in [2.24, 2.45) is 5.73 Å². The Kier molecular flexibility index (Phi) is 9.82. The number of rotatable bonds is 10. The average molecular weight is 363 g/mol. The summed E-state index contributed by atoms with van der Waals surface area (Å²) >= 11 is 0. The molecule has 0 bridgehead atoms. The zero-order valence-electron chi connectivity index (χ0n) is 16.6. The monoisotopic (exact) mass is 362 g/mol. The fourth-order valence-corrected chi connectivity index (χ4v) is 3.77. The number of hydrogen-bond acceptors (Lipinski definition) is 5. The number of hydrogen-bond donors (Lipinski definition) is 2. The molecule has 2 rings (SSSR count). The summed E-state index contributed by atoms with van der Waals surface area (Å²) in [5, 5.41) is 3.67. The smallest absolute Gasteiger partial charge is 0.0594 e. The normalized spacial score (nSPS) is 24.0. The number of ether oxygens (including phenoxy) is 1. The maximum atomic E-state index is 5.96. The molecule has 148 valence electrons. The highest BCUT2D eigenvalue weighted by atomic mass is 16.5. The first-order valence-electron chi connectivity index (χ1n) is 10.2. The number of nitrogens with two attached hydrogens (primary N) is 1. The second-order valence-electron chi connectivity index (χ2n) is 7.56. The first-order chi connectivity index (χ1) is 12.7. The van der Waals surface area contributed by atoms with Crippen LogP contribution >= 0.6 is 0 Å². The molecule has 2 fully saturated rings. The van der Waals surface area contributed by atoms with E-state index >= 15 is 0 Å². The van der Waals surface area contributed by atoms with E-state index < -0.39 is 0 Å². The molecular formula is C21H38N4O. The Hall–Kier alpha value is -1.30. The first kappa shape index (κ1) is 21.0. The summed E-state index contributed by atoms with van der Waals surface area (Å²) in [6, 6.07) is 0.591. The van der Waals surface area contributed by atoms with Crippen LogP contribution in [0.4, 0.5) is 0 Å². The lowest BCUT2D eigenvalue weighted by atomic mass is 9.98. The van der Waals surface area contributed by atoms with Crippen LogP contribution in [-0.2, 0) is 4.74 Å². The van der Waals surface area contributed by atoms with Gasteiger partial charge in [-0.05, 0) is 77.4 Å². The number of piperidine rings is 1. The summed E-state index contributed by atoms with van der Waals surface area (Å²) in [6.45, 7) is 11.2. The summed E-state index contributed by atoms with van der Waals surface area (Å²) in [5.74, 6) is 0. The van der Waals surface area contributed by atoms with E-state index in [1.165, 1.54) is 57.4 Å². The molecule has 0 saturated carbocycles. The van der Waals surface area contributed by atoms with Crippen LogP contribution in [0.3, 0.4) is 0 Å². The highest BCUT2D eigenvalue weighted by molar-refractivity contribution is 5.24. The molecule has 3 N–H and O–H groups in total. The topological polar surface area (TPSA) is 53.8 Å². The Labute approximate surface area is 159 Å². The van der Waals surface area contributed by atoms with E-state index in [-0.39, 0.29) is 0 Å². The van der Waals surface area contributed by atoms with Gasteiger partial charge < -0.3 is 20.7 Å². The van der Waals surface area contributed by atoms with Crippen LogP contribution in [0.25, 0.3) is 0 Å². The van der Waals surface area contributed by atoms with Gasteiger partial charge in [0.05, 0.1) is 13.2 Å². The highest BCUT2D eigenvalue weighted by Gasteiger charge is 2.16. The second-order valence-corrected chi connectivity index (χ2v) is 7.56. The van der Waals surface area contributed by atoms with E-state index in [1.807, 2.05) is 6.08 Å². The number of morpholine rings is 1. The summed E-state index contributed by atoms with van der Waals surface area (Å²) in [5.41, 5.74) is 8.01. The fourth-order valence-electron chi connectivity index (χ4n) is 3.77. The van der Waals surface area contributed by atoms with Gasteiger partial charge in [0.1, 0.15) is 0 Å². The molecular weight excluding hydrogens is 324 g/mol. The van der Waals surface area contributed by atoms with Crippen LogP contribution in [0.15, 0.2) is 36.2 Å².